The molecule has 1 rings (SSSR count). The van der Waals surface area contributed by atoms with E-state index in [1.807, 2.05) is 0 Å². The molecule has 1 radical (unpaired) electrons. The van der Waals surface area contributed by atoms with Gasteiger partial charge in [-0.05, 0) is 10.4 Å². The predicted octanol–water partition coefficient (Wildman–Crippen LogP) is 0.0413. The van der Waals surface area contributed by atoms with Crippen LogP contribution >= 0.6 is 0 Å². The van der Waals surface area contributed by atoms with Gasteiger partial charge < -0.3 is 0 Å². The molecule has 0 aliphatic carbocycles. The number of aromatic nitrogens is 4. The van der Waals surface area contributed by atoms with E-state index in [2.05, 4.69) is 29.0 Å². The van der Waals surface area contributed by atoms with Gasteiger partial charge in [-0.2, -0.15) is 0 Å². The minimum atomic E-state index is 0.565. The molecule has 0 aromatic carbocycles. The highest BCUT2D eigenvalue weighted by molar-refractivity contribution is 4.86. The van der Waals surface area contributed by atoms with Crippen LogP contribution in [0.15, 0.2) is 12.7 Å². The van der Waals surface area contributed by atoms with Gasteiger partial charge in [0.2, 0.25) is 0 Å². The molecule has 0 spiro atoms. The Morgan fingerprint density at radius 2 is 2.44 bits per heavy atom. The largest absolute Gasteiger partial charge is 0.226 e. The topological polar surface area (TPSA) is 43.6 Å². The summed E-state index contributed by atoms with van der Waals surface area (Å²) in [6, 6.07) is 0. The van der Waals surface area contributed by atoms with Crippen LogP contribution < -0.4 is 0 Å². The molecule has 0 saturated heterocycles. The molecule has 4 nitrogen and oxygen atoms in total. The van der Waals surface area contributed by atoms with Crippen LogP contribution in [0.2, 0.25) is 0 Å². The predicted molar refractivity (Wildman–Crippen MR) is 32.5 cm³/mol. The molecule has 0 saturated carbocycles. The molecule has 4 heteroatoms. The van der Waals surface area contributed by atoms with E-state index in [0.717, 1.165) is 0 Å². The second kappa shape index (κ2) is 2.39. The summed E-state index contributed by atoms with van der Waals surface area (Å²) in [5.74, 6) is 0.565. The van der Waals surface area contributed by atoms with Gasteiger partial charge in [-0.3, -0.25) is 0 Å². The third-order valence-corrected chi connectivity index (χ3v) is 0.908. The second-order valence-corrected chi connectivity index (χ2v) is 1.57. The Balaban J connectivity index is 2.80. The van der Waals surface area contributed by atoms with Gasteiger partial charge in [0.1, 0.15) is 0 Å². The summed E-state index contributed by atoms with van der Waals surface area (Å²) in [5, 5.41) is 10.6. The first kappa shape index (κ1) is 5.94. The quantitative estimate of drug-likeness (QED) is 0.521. The highest BCUT2D eigenvalue weighted by atomic mass is 15.5. The van der Waals surface area contributed by atoms with Crippen molar-refractivity contribution in [3.8, 4) is 0 Å². The Morgan fingerprint density at radius 1 is 1.67 bits per heavy atom. The monoisotopic (exact) mass is 123 g/mol. The molecule has 0 bridgehead atoms. The summed E-state index contributed by atoms with van der Waals surface area (Å²) in [4.78, 5) is 0. The second-order valence-electron chi connectivity index (χ2n) is 1.57. The maximum Gasteiger partial charge on any atom is 0.152 e. The molecule has 0 fully saturated rings. The van der Waals surface area contributed by atoms with Crippen molar-refractivity contribution < 1.29 is 0 Å². The molecule has 47 valence electrons. The third kappa shape index (κ3) is 1.13. The summed E-state index contributed by atoms with van der Waals surface area (Å²) in [5.41, 5.74) is 0. The fourth-order valence-electron chi connectivity index (χ4n) is 0.487. The Bertz CT molecular complexity index is 202. The fraction of sp³-hybridized carbons (Fsp3) is 0.200. The number of tetrazole rings is 1. The van der Waals surface area contributed by atoms with Crippen LogP contribution in [-0.2, 0) is 6.54 Å². The Kier molecular flexibility index (Phi) is 1.58. The first-order valence-electron chi connectivity index (χ1n) is 2.53. The van der Waals surface area contributed by atoms with Crippen molar-refractivity contribution in [3.63, 3.8) is 0 Å². The van der Waals surface area contributed by atoms with Crippen LogP contribution in [0, 0.1) is 6.92 Å². The van der Waals surface area contributed by atoms with E-state index in [1.165, 1.54) is 0 Å². The van der Waals surface area contributed by atoms with E-state index in [9.17, 15) is 0 Å². The maximum absolute atomic E-state index is 3.63. The number of rotatable bonds is 2. The minimum Gasteiger partial charge on any atom is -0.226 e. The third-order valence-electron chi connectivity index (χ3n) is 0.908. The molecular formula is C5H7N4. The molecule has 0 aliphatic rings. The first-order chi connectivity index (χ1) is 4.34. The van der Waals surface area contributed by atoms with Gasteiger partial charge in [-0.15, -0.1) is 11.7 Å². The van der Waals surface area contributed by atoms with Gasteiger partial charge >= 0.3 is 0 Å². The van der Waals surface area contributed by atoms with Crippen molar-refractivity contribution in [1.82, 2.24) is 20.2 Å². The summed E-state index contributed by atoms with van der Waals surface area (Å²) in [6.45, 7) is 7.73. The summed E-state index contributed by atoms with van der Waals surface area (Å²) in [6.07, 6.45) is 1.71. The van der Waals surface area contributed by atoms with Crippen molar-refractivity contribution >= 4 is 0 Å². The van der Waals surface area contributed by atoms with Crippen LogP contribution in [0.4, 0.5) is 0 Å². The lowest BCUT2D eigenvalue weighted by atomic mass is 10.6. The number of nitrogens with zero attached hydrogens (tertiary/aromatic N) is 4. The van der Waals surface area contributed by atoms with Crippen molar-refractivity contribution in [2.45, 2.75) is 6.54 Å². The smallest absolute Gasteiger partial charge is 0.152 e. The standard InChI is InChI=1S/C5H7N4/c1-3-4-9-5(2)6-7-8-9/h3H,1-2,4H2. The van der Waals surface area contributed by atoms with Gasteiger partial charge in [-0.1, -0.05) is 6.08 Å². The lowest BCUT2D eigenvalue weighted by molar-refractivity contribution is 0.652. The van der Waals surface area contributed by atoms with E-state index in [4.69, 9.17) is 0 Å². The normalized spacial score (nSPS) is 9.44. The van der Waals surface area contributed by atoms with E-state index in [-0.39, 0.29) is 0 Å². The van der Waals surface area contributed by atoms with Crippen LogP contribution in [0.25, 0.3) is 0 Å². The SMILES string of the molecule is [CH2]c1nnnn1CC=C. The molecule has 0 atom stereocenters. The van der Waals surface area contributed by atoms with Crippen molar-refractivity contribution in [2.24, 2.45) is 0 Å². The molecule has 1 aromatic rings. The molecule has 9 heavy (non-hydrogen) atoms. The van der Waals surface area contributed by atoms with Gasteiger partial charge in [0.05, 0.1) is 6.54 Å². The molecule has 0 N–H and O–H groups in total. The molecule has 0 aliphatic heterocycles. The lowest BCUT2D eigenvalue weighted by Crippen LogP contribution is -1.99. The number of hydrogen-bond acceptors (Lipinski definition) is 3. The minimum absolute atomic E-state index is 0.565. The molecule has 1 aromatic heterocycles. The first-order valence-corrected chi connectivity index (χ1v) is 2.53. The summed E-state index contributed by atoms with van der Waals surface area (Å²) < 4.78 is 1.56. The number of hydrogen-bond donors (Lipinski definition) is 0. The van der Waals surface area contributed by atoms with Gasteiger partial charge in [-0.25, -0.2) is 4.68 Å². The van der Waals surface area contributed by atoms with Crippen LogP contribution in [0.1, 0.15) is 5.82 Å². The van der Waals surface area contributed by atoms with E-state index >= 15 is 0 Å². The molecular weight excluding hydrogens is 116 g/mol. The zero-order chi connectivity index (χ0) is 6.69. The van der Waals surface area contributed by atoms with E-state index in [0.29, 0.717) is 12.4 Å². The summed E-state index contributed by atoms with van der Waals surface area (Å²) in [7, 11) is 0. The van der Waals surface area contributed by atoms with Crippen molar-refractivity contribution in [2.75, 3.05) is 0 Å². The van der Waals surface area contributed by atoms with Gasteiger partial charge in [0.15, 0.2) is 5.82 Å². The van der Waals surface area contributed by atoms with E-state index < -0.39 is 0 Å². The zero-order valence-corrected chi connectivity index (χ0v) is 4.99. The van der Waals surface area contributed by atoms with Crippen LogP contribution in [-0.4, -0.2) is 20.2 Å². The molecule has 0 amide bonds. The highest BCUT2D eigenvalue weighted by Gasteiger charge is 1.93. The average molecular weight is 123 g/mol. The Labute approximate surface area is 53.2 Å². The summed E-state index contributed by atoms with van der Waals surface area (Å²) >= 11 is 0. The van der Waals surface area contributed by atoms with E-state index in [1.54, 1.807) is 10.8 Å². The highest BCUT2D eigenvalue weighted by Crippen LogP contribution is 1.86. The Morgan fingerprint density at radius 3 is 2.89 bits per heavy atom. The van der Waals surface area contributed by atoms with Crippen LogP contribution in [0.3, 0.4) is 0 Å². The zero-order valence-electron chi connectivity index (χ0n) is 4.99. The average Bonchev–Trinajstić information content (AvgIpc) is 2.18. The molecule has 1 heterocycles. The number of allylic oxidation sites excluding steroid dienone is 1. The van der Waals surface area contributed by atoms with Crippen LogP contribution in [0.5, 0.6) is 0 Å². The van der Waals surface area contributed by atoms with Crippen molar-refractivity contribution in [1.29, 1.82) is 0 Å². The Hall–Kier alpha value is -1.19. The fourth-order valence-corrected chi connectivity index (χ4v) is 0.487. The lowest BCUT2D eigenvalue weighted by Gasteiger charge is -1.91. The van der Waals surface area contributed by atoms with Gasteiger partial charge in [0, 0.05) is 6.92 Å². The van der Waals surface area contributed by atoms with Crippen molar-refractivity contribution in [3.05, 3.63) is 25.4 Å². The molecule has 0 unspecified atom stereocenters. The maximum atomic E-state index is 3.63. The van der Waals surface area contributed by atoms with Gasteiger partial charge in [0.25, 0.3) is 0 Å².